The van der Waals surface area contributed by atoms with Crippen LogP contribution in [0.4, 0.5) is 9.18 Å². The Bertz CT molecular complexity index is 729. The molecule has 1 saturated heterocycles. The van der Waals surface area contributed by atoms with E-state index in [-0.39, 0.29) is 11.8 Å². The average Bonchev–Trinajstić information content (AvgIpc) is 3.18. The van der Waals surface area contributed by atoms with Crippen LogP contribution in [0.3, 0.4) is 0 Å². The quantitative estimate of drug-likeness (QED) is 0.844. The molecule has 0 saturated carbocycles. The molecular weight excluding hydrogens is 319 g/mol. The fourth-order valence-corrected chi connectivity index (χ4v) is 3.54. The highest BCUT2D eigenvalue weighted by molar-refractivity contribution is 5.80. The Morgan fingerprint density at radius 1 is 1.44 bits per heavy atom. The van der Waals surface area contributed by atoms with Gasteiger partial charge in [-0.15, -0.1) is 0 Å². The van der Waals surface area contributed by atoms with Crippen molar-refractivity contribution >= 4 is 16.9 Å². The van der Waals surface area contributed by atoms with Gasteiger partial charge in [-0.1, -0.05) is 6.92 Å². The number of likely N-dealkylation sites (tertiary alicyclic amines) is 1. The summed E-state index contributed by atoms with van der Waals surface area (Å²) >= 11 is 0. The lowest BCUT2D eigenvalue weighted by atomic mass is 10.1. The summed E-state index contributed by atoms with van der Waals surface area (Å²) in [6.07, 6.45) is 2.33. The molecule has 1 aromatic heterocycles. The summed E-state index contributed by atoms with van der Waals surface area (Å²) in [6.45, 7) is 6.74. The van der Waals surface area contributed by atoms with Crippen LogP contribution in [0.2, 0.25) is 0 Å². The minimum atomic E-state index is -0.252. The molecule has 1 aromatic carbocycles. The van der Waals surface area contributed by atoms with Crippen molar-refractivity contribution in [2.45, 2.75) is 26.3 Å². The van der Waals surface area contributed by atoms with Gasteiger partial charge in [0.2, 0.25) is 0 Å². The lowest BCUT2D eigenvalue weighted by Crippen LogP contribution is -2.39. The van der Waals surface area contributed by atoms with Crippen molar-refractivity contribution in [2.75, 3.05) is 33.2 Å². The third-order valence-corrected chi connectivity index (χ3v) is 4.84. The first-order valence-corrected chi connectivity index (χ1v) is 9.03. The maximum Gasteiger partial charge on any atom is 0.317 e. The second-order valence-electron chi connectivity index (χ2n) is 7.02. The van der Waals surface area contributed by atoms with Crippen LogP contribution in [0.5, 0.6) is 0 Å². The van der Waals surface area contributed by atoms with Gasteiger partial charge in [-0.05, 0) is 56.1 Å². The van der Waals surface area contributed by atoms with Crippen LogP contribution in [-0.4, -0.2) is 54.0 Å². The summed E-state index contributed by atoms with van der Waals surface area (Å²) in [6, 6.07) is 6.47. The number of rotatable bonds is 6. The molecule has 0 radical (unpaired) electrons. The fraction of sp³-hybridized carbons (Fsp3) is 0.526. The van der Waals surface area contributed by atoms with E-state index in [4.69, 9.17) is 0 Å². The molecule has 0 spiro atoms. The molecule has 0 unspecified atom stereocenters. The number of hydrogen-bond acceptors (Lipinski definition) is 2. The number of carbonyl (C=O) groups is 1. The molecule has 0 bridgehead atoms. The van der Waals surface area contributed by atoms with E-state index in [9.17, 15) is 9.18 Å². The third-order valence-electron chi connectivity index (χ3n) is 4.84. The Kier molecular flexibility index (Phi) is 5.58. The molecular formula is C19H27FN4O. The Morgan fingerprint density at radius 2 is 2.28 bits per heavy atom. The zero-order valence-corrected chi connectivity index (χ0v) is 15.0. The van der Waals surface area contributed by atoms with Gasteiger partial charge in [0, 0.05) is 36.7 Å². The van der Waals surface area contributed by atoms with Gasteiger partial charge in [-0.25, -0.2) is 9.18 Å². The predicted molar refractivity (Wildman–Crippen MR) is 98.0 cm³/mol. The number of nitrogens with one attached hydrogen (secondary N) is 2. The van der Waals surface area contributed by atoms with E-state index in [1.54, 1.807) is 18.0 Å². The van der Waals surface area contributed by atoms with Gasteiger partial charge in [0.1, 0.15) is 5.82 Å². The molecule has 2 amide bonds. The number of urea groups is 1. The smallest absolute Gasteiger partial charge is 0.317 e. The van der Waals surface area contributed by atoms with Crippen LogP contribution in [-0.2, 0) is 6.54 Å². The molecule has 5 nitrogen and oxygen atoms in total. The highest BCUT2D eigenvalue weighted by Crippen LogP contribution is 2.18. The van der Waals surface area contributed by atoms with Crippen LogP contribution in [0, 0.1) is 11.7 Å². The lowest BCUT2D eigenvalue weighted by Gasteiger charge is -2.19. The molecule has 6 heteroatoms. The van der Waals surface area contributed by atoms with Crippen LogP contribution >= 0.6 is 0 Å². The van der Waals surface area contributed by atoms with Crippen LogP contribution in [0.1, 0.15) is 25.5 Å². The molecule has 2 N–H and O–H groups in total. The van der Waals surface area contributed by atoms with Crippen molar-refractivity contribution in [1.29, 1.82) is 0 Å². The second kappa shape index (κ2) is 7.87. The molecule has 2 heterocycles. The Labute approximate surface area is 148 Å². The van der Waals surface area contributed by atoms with E-state index in [2.05, 4.69) is 22.1 Å². The topological polar surface area (TPSA) is 51.4 Å². The molecule has 1 aliphatic rings. The zero-order chi connectivity index (χ0) is 17.8. The van der Waals surface area contributed by atoms with Crippen molar-refractivity contribution in [3.63, 3.8) is 0 Å². The van der Waals surface area contributed by atoms with Crippen LogP contribution < -0.4 is 5.32 Å². The number of aromatic nitrogens is 1. The minimum Gasteiger partial charge on any atom is -0.357 e. The van der Waals surface area contributed by atoms with Gasteiger partial charge < -0.3 is 20.1 Å². The van der Waals surface area contributed by atoms with E-state index in [1.807, 2.05) is 6.07 Å². The number of fused-ring (bicyclic) bond motifs is 1. The zero-order valence-electron chi connectivity index (χ0n) is 15.0. The monoisotopic (exact) mass is 346 g/mol. The summed E-state index contributed by atoms with van der Waals surface area (Å²) in [5, 5.41) is 3.86. The second-order valence-corrected chi connectivity index (χ2v) is 7.02. The minimum absolute atomic E-state index is 0.0706. The van der Waals surface area contributed by atoms with E-state index in [1.165, 1.54) is 18.6 Å². The van der Waals surface area contributed by atoms with Crippen molar-refractivity contribution in [2.24, 2.45) is 5.92 Å². The summed E-state index contributed by atoms with van der Waals surface area (Å²) in [5.41, 5.74) is 1.78. The standard InChI is InChI=1S/C19H27FN4O/c1-3-7-24-8-6-14(12-24)11-21-19(25)23(2)13-17-10-15-9-16(20)4-5-18(15)22-17/h4-5,9-10,14,22H,3,6-8,11-13H2,1-2H3,(H,21,25)/t14-/m1/s1. The Balaban J connectivity index is 1.48. The summed E-state index contributed by atoms with van der Waals surface area (Å²) in [4.78, 5) is 19.7. The number of benzene rings is 1. The first-order chi connectivity index (χ1) is 12.0. The van der Waals surface area contributed by atoms with Gasteiger partial charge in [0.15, 0.2) is 0 Å². The van der Waals surface area contributed by atoms with E-state index < -0.39 is 0 Å². The Hall–Kier alpha value is -2.08. The first kappa shape index (κ1) is 17.7. The van der Waals surface area contributed by atoms with E-state index in [0.717, 1.165) is 49.2 Å². The van der Waals surface area contributed by atoms with Gasteiger partial charge in [-0.3, -0.25) is 0 Å². The van der Waals surface area contributed by atoms with Crippen LogP contribution in [0.15, 0.2) is 24.3 Å². The highest BCUT2D eigenvalue weighted by Gasteiger charge is 2.22. The highest BCUT2D eigenvalue weighted by atomic mass is 19.1. The lowest BCUT2D eigenvalue weighted by molar-refractivity contribution is 0.204. The normalized spacial score (nSPS) is 18.0. The molecule has 1 fully saturated rings. The van der Waals surface area contributed by atoms with Gasteiger partial charge >= 0.3 is 6.03 Å². The number of hydrogen-bond donors (Lipinski definition) is 2. The van der Waals surface area contributed by atoms with Crippen molar-refractivity contribution in [3.8, 4) is 0 Å². The fourth-order valence-electron chi connectivity index (χ4n) is 3.54. The van der Waals surface area contributed by atoms with Crippen LogP contribution in [0.25, 0.3) is 10.9 Å². The number of amides is 2. The number of nitrogens with zero attached hydrogens (tertiary/aromatic N) is 2. The SMILES string of the molecule is CCCN1CC[C@H](CNC(=O)N(C)Cc2cc3cc(F)ccc3[nH]2)C1. The number of halogens is 1. The van der Waals surface area contributed by atoms with E-state index in [0.29, 0.717) is 12.5 Å². The first-order valence-electron chi connectivity index (χ1n) is 9.03. The van der Waals surface area contributed by atoms with Crippen molar-refractivity contribution < 1.29 is 9.18 Å². The molecule has 25 heavy (non-hydrogen) atoms. The van der Waals surface area contributed by atoms with Crippen molar-refractivity contribution in [1.82, 2.24) is 20.1 Å². The Morgan fingerprint density at radius 3 is 3.08 bits per heavy atom. The molecule has 3 rings (SSSR count). The number of H-pyrrole nitrogens is 1. The summed E-state index contributed by atoms with van der Waals surface area (Å²) in [5.74, 6) is 0.290. The number of aromatic amines is 1. The van der Waals surface area contributed by atoms with Gasteiger partial charge in [0.25, 0.3) is 0 Å². The molecule has 0 aliphatic carbocycles. The maximum atomic E-state index is 13.3. The van der Waals surface area contributed by atoms with Gasteiger partial charge in [-0.2, -0.15) is 0 Å². The molecule has 1 aliphatic heterocycles. The largest absolute Gasteiger partial charge is 0.357 e. The van der Waals surface area contributed by atoms with Crippen molar-refractivity contribution in [3.05, 3.63) is 35.8 Å². The van der Waals surface area contributed by atoms with Gasteiger partial charge in [0.05, 0.1) is 6.54 Å². The summed E-state index contributed by atoms with van der Waals surface area (Å²) in [7, 11) is 1.78. The summed E-state index contributed by atoms with van der Waals surface area (Å²) < 4.78 is 13.3. The maximum absolute atomic E-state index is 13.3. The molecule has 136 valence electrons. The van der Waals surface area contributed by atoms with E-state index >= 15 is 0 Å². The average molecular weight is 346 g/mol. The third kappa shape index (κ3) is 4.51. The predicted octanol–water partition coefficient (Wildman–Crippen LogP) is 3.18. The number of carbonyl (C=O) groups excluding carboxylic acids is 1. The molecule has 2 aromatic rings. The molecule has 1 atom stereocenters.